The predicted molar refractivity (Wildman–Crippen MR) is 110 cm³/mol. The molecule has 0 saturated carbocycles. The second-order valence-electron chi connectivity index (χ2n) is 7.43. The van der Waals surface area contributed by atoms with Gasteiger partial charge in [0.2, 0.25) is 0 Å². The third-order valence-corrected chi connectivity index (χ3v) is 5.50. The second-order valence-corrected chi connectivity index (χ2v) is 7.43. The average molecular weight is 357 g/mol. The van der Waals surface area contributed by atoms with Crippen molar-refractivity contribution in [1.29, 1.82) is 0 Å². The molecule has 0 aliphatic carbocycles. The van der Waals surface area contributed by atoms with Crippen LogP contribution < -0.4 is 0 Å². The van der Waals surface area contributed by atoms with E-state index in [-0.39, 0.29) is 0 Å². The van der Waals surface area contributed by atoms with Crippen LogP contribution in [0.3, 0.4) is 0 Å². The molecule has 4 aromatic rings. The molecule has 0 bridgehead atoms. The Balaban J connectivity index is 1.49. The zero-order valence-corrected chi connectivity index (χ0v) is 15.5. The fourth-order valence-corrected chi connectivity index (χ4v) is 3.88. The summed E-state index contributed by atoms with van der Waals surface area (Å²) < 4.78 is 0. The molecule has 0 unspecified atom stereocenters. The minimum atomic E-state index is 0.943. The van der Waals surface area contributed by atoms with Crippen molar-refractivity contribution in [2.75, 3.05) is 33.2 Å². The van der Waals surface area contributed by atoms with Crippen LogP contribution in [0.15, 0.2) is 55.0 Å². The van der Waals surface area contributed by atoms with Gasteiger partial charge in [-0.3, -0.25) is 9.88 Å². The van der Waals surface area contributed by atoms with Gasteiger partial charge in [-0.1, -0.05) is 12.1 Å². The van der Waals surface area contributed by atoms with Crippen LogP contribution in [0.25, 0.3) is 33.1 Å². The van der Waals surface area contributed by atoms with Crippen LogP contribution >= 0.6 is 0 Å². The first-order chi connectivity index (χ1) is 13.3. The smallest absolute Gasteiger partial charge is 0.137 e. The highest BCUT2D eigenvalue weighted by molar-refractivity contribution is 5.96. The van der Waals surface area contributed by atoms with Gasteiger partial charge in [0.05, 0.1) is 5.52 Å². The molecule has 27 heavy (non-hydrogen) atoms. The molecule has 1 aromatic carbocycles. The molecular weight excluding hydrogens is 334 g/mol. The highest BCUT2D eigenvalue weighted by Gasteiger charge is 2.15. The quantitative estimate of drug-likeness (QED) is 0.609. The van der Waals surface area contributed by atoms with Gasteiger partial charge in [0, 0.05) is 67.7 Å². The van der Waals surface area contributed by atoms with E-state index in [1.54, 1.807) is 0 Å². The largest absolute Gasteiger partial charge is 0.346 e. The molecule has 5 nitrogen and oxygen atoms in total. The summed E-state index contributed by atoms with van der Waals surface area (Å²) >= 11 is 0. The number of piperazine rings is 1. The molecule has 1 aliphatic heterocycles. The lowest BCUT2D eigenvalue weighted by Gasteiger charge is -2.32. The Bertz CT molecular complexity index is 1090. The van der Waals surface area contributed by atoms with Gasteiger partial charge in [-0.2, -0.15) is 0 Å². The van der Waals surface area contributed by atoms with Gasteiger partial charge in [0.15, 0.2) is 0 Å². The molecule has 0 atom stereocenters. The van der Waals surface area contributed by atoms with Crippen LogP contribution in [0, 0.1) is 0 Å². The van der Waals surface area contributed by atoms with E-state index in [9.17, 15) is 0 Å². The van der Waals surface area contributed by atoms with Gasteiger partial charge in [-0.15, -0.1) is 0 Å². The summed E-state index contributed by atoms with van der Waals surface area (Å²) in [4.78, 5) is 17.3. The van der Waals surface area contributed by atoms with E-state index in [0.29, 0.717) is 0 Å². The van der Waals surface area contributed by atoms with Crippen LogP contribution in [0.1, 0.15) is 5.56 Å². The SMILES string of the molecule is CN1CCN(Cc2cnc3[nH]cc(-c4ccc5ncccc5c4)c3c2)CC1. The number of H-pyrrole nitrogens is 1. The Labute approximate surface area is 158 Å². The minimum Gasteiger partial charge on any atom is -0.346 e. The maximum absolute atomic E-state index is 4.67. The van der Waals surface area contributed by atoms with Crippen LogP contribution in [-0.2, 0) is 6.54 Å². The number of hydrogen-bond acceptors (Lipinski definition) is 4. The van der Waals surface area contributed by atoms with Gasteiger partial charge >= 0.3 is 0 Å². The second kappa shape index (κ2) is 6.76. The average Bonchev–Trinajstić information content (AvgIpc) is 3.13. The highest BCUT2D eigenvalue weighted by Crippen LogP contribution is 2.30. The van der Waals surface area contributed by atoms with E-state index >= 15 is 0 Å². The fourth-order valence-electron chi connectivity index (χ4n) is 3.88. The lowest BCUT2D eigenvalue weighted by Crippen LogP contribution is -2.43. The van der Waals surface area contributed by atoms with Crippen molar-refractivity contribution in [3.8, 4) is 11.1 Å². The van der Waals surface area contributed by atoms with Gasteiger partial charge < -0.3 is 9.88 Å². The molecule has 1 fully saturated rings. The molecule has 5 rings (SSSR count). The summed E-state index contributed by atoms with van der Waals surface area (Å²) in [6.07, 6.45) is 5.91. The summed E-state index contributed by atoms with van der Waals surface area (Å²) in [5.74, 6) is 0. The van der Waals surface area contributed by atoms with E-state index in [0.717, 1.165) is 49.3 Å². The molecule has 0 radical (unpaired) electrons. The van der Waals surface area contributed by atoms with Gasteiger partial charge in [0.25, 0.3) is 0 Å². The number of aromatic amines is 1. The maximum Gasteiger partial charge on any atom is 0.137 e. The molecule has 136 valence electrons. The topological polar surface area (TPSA) is 48.0 Å². The van der Waals surface area contributed by atoms with Crippen molar-refractivity contribution >= 4 is 21.9 Å². The van der Waals surface area contributed by atoms with Crippen molar-refractivity contribution in [3.05, 3.63) is 60.6 Å². The van der Waals surface area contributed by atoms with Gasteiger partial charge in [-0.05, 0) is 42.4 Å². The van der Waals surface area contributed by atoms with E-state index in [2.05, 4.69) is 68.3 Å². The number of nitrogens with one attached hydrogen (secondary N) is 1. The number of aromatic nitrogens is 3. The normalized spacial score (nSPS) is 16.3. The molecule has 3 aromatic heterocycles. The zero-order valence-electron chi connectivity index (χ0n) is 15.5. The summed E-state index contributed by atoms with van der Waals surface area (Å²) in [7, 11) is 2.19. The molecule has 5 heteroatoms. The lowest BCUT2D eigenvalue weighted by molar-refractivity contribution is 0.148. The summed E-state index contributed by atoms with van der Waals surface area (Å²) in [5.41, 5.74) is 5.63. The van der Waals surface area contributed by atoms with Crippen LogP contribution in [0.4, 0.5) is 0 Å². The summed E-state index contributed by atoms with van der Waals surface area (Å²) in [5, 5.41) is 2.34. The van der Waals surface area contributed by atoms with E-state index < -0.39 is 0 Å². The molecule has 0 spiro atoms. The number of fused-ring (bicyclic) bond motifs is 2. The highest BCUT2D eigenvalue weighted by atomic mass is 15.2. The fraction of sp³-hybridized carbons (Fsp3) is 0.273. The minimum absolute atomic E-state index is 0.943. The summed E-state index contributed by atoms with van der Waals surface area (Å²) in [6.45, 7) is 5.47. The molecule has 0 amide bonds. The third kappa shape index (κ3) is 3.20. The number of pyridine rings is 2. The molecule has 1 saturated heterocycles. The standard InChI is InChI=1S/C22H23N5/c1-26-7-9-27(10-8-26)15-16-11-19-20(14-25-22(19)24-13-16)17-4-5-21-18(12-17)3-2-6-23-21/h2-6,11-14H,7-10,15H2,1H3,(H,24,25). The number of hydrogen-bond donors (Lipinski definition) is 1. The Morgan fingerprint density at radius 1 is 1.04 bits per heavy atom. The number of likely N-dealkylation sites (N-methyl/N-ethyl adjacent to an activating group) is 1. The first-order valence-electron chi connectivity index (χ1n) is 9.48. The first kappa shape index (κ1) is 16.4. The Morgan fingerprint density at radius 3 is 2.81 bits per heavy atom. The Morgan fingerprint density at radius 2 is 1.93 bits per heavy atom. The van der Waals surface area contributed by atoms with Crippen LogP contribution in [-0.4, -0.2) is 58.0 Å². The third-order valence-electron chi connectivity index (χ3n) is 5.50. The predicted octanol–water partition coefficient (Wildman–Crippen LogP) is 3.53. The van der Waals surface area contributed by atoms with Gasteiger partial charge in [-0.25, -0.2) is 4.98 Å². The van der Waals surface area contributed by atoms with Crippen molar-refractivity contribution in [2.24, 2.45) is 0 Å². The first-order valence-corrected chi connectivity index (χ1v) is 9.48. The van der Waals surface area contributed by atoms with E-state index in [1.165, 1.54) is 22.1 Å². The Kier molecular flexibility index (Phi) is 4.11. The van der Waals surface area contributed by atoms with Crippen molar-refractivity contribution in [3.63, 3.8) is 0 Å². The molecular formula is C22H23N5. The number of benzene rings is 1. The van der Waals surface area contributed by atoms with E-state index in [4.69, 9.17) is 0 Å². The Hall–Kier alpha value is -2.76. The molecule has 4 heterocycles. The molecule has 1 N–H and O–H groups in total. The van der Waals surface area contributed by atoms with Crippen molar-refractivity contribution in [2.45, 2.75) is 6.54 Å². The lowest BCUT2D eigenvalue weighted by atomic mass is 10.0. The van der Waals surface area contributed by atoms with Crippen LogP contribution in [0.2, 0.25) is 0 Å². The van der Waals surface area contributed by atoms with Gasteiger partial charge in [0.1, 0.15) is 5.65 Å². The number of rotatable bonds is 3. The summed E-state index contributed by atoms with van der Waals surface area (Å²) in [6, 6.07) is 12.8. The van der Waals surface area contributed by atoms with Crippen molar-refractivity contribution in [1.82, 2.24) is 24.8 Å². The van der Waals surface area contributed by atoms with E-state index in [1.807, 2.05) is 18.5 Å². The monoisotopic (exact) mass is 357 g/mol. The zero-order chi connectivity index (χ0) is 18.2. The van der Waals surface area contributed by atoms with Crippen molar-refractivity contribution < 1.29 is 0 Å². The number of nitrogens with zero attached hydrogens (tertiary/aromatic N) is 4. The molecule has 1 aliphatic rings. The maximum atomic E-state index is 4.67. The van der Waals surface area contributed by atoms with Crippen LogP contribution in [0.5, 0.6) is 0 Å².